The fourth-order valence-corrected chi connectivity index (χ4v) is 2.86. The van der Waals surface area contributed by atoms with E-state index in [2.05, 4.69) is 5.32 Å². The zero-order valence-electron chi connectivity index (χ0n) is 15.5. The monoisotopic (exact) mass is 424 g/mol. The normalized spacial score (nSPS) is 10.9. The van der Waals surface area contributed by atoms with Crippen LogP contribution < -0.4 is 10.1 Å². The van der Waals surface area contributed by atoms with Crippen molar-refractivity contribution >= 4 is 34.8 Å². The van der Waals surface area contributed by atoms with Gasteiger partial charge in [0.05, 0.1) is 16.7 Å². The minimum Gasteiger partial charge on any atom is -0.482 e. The van der Waals surface area contributed by atoms with Crippen molar-refractivity contribution in [2.75, 3.05) is 11.9 Å². The van der Waals surface area contributed by atoms with Gasteiger partial charge in [0.2, 0.25) is 0 Å². The first-order valence-electron chi connectivity index (χ1n) is 8.81. The highest BCUT2D eigenvalue weighted by atomic mass is 35.5. The fraction of sp³-hybridized carbons (Fsp3) is 0.0435. The SMILES string of the molecule is N#C/C(=C/c1ccc(OCC(=O)Nc2ccc(F)cc2)c(Cl)c1)c1ccccc1F. The number of amides is 1. The Labute approximate surface area is 177 Å². The number of nitrogens with zero attached hydrogens (tertiary/aromatic N) is 1. The molecule has 4 nitrogen and oxygen atoms in total. The summed E-state index contributed by atoms with van der Waals surface area (Å²) in [5, 5.41) is 12.2. The molecular weight excluding hydrogens is 410 g/mol. The number of carbonyl (C=O) groups is 1. The van der Waals surface area contributed by atoms with Gasteiger partial charge < -0.3 is 10.1 Å². The van der Waals surface area contributed by atoms with Gasteiger partial charge in [-0.3, -0.25) is 4.79 Å². The first kappa shape index (κ1) is 21.0. The lowest BCUT2D eigenvalue weighted by molar-refractivity contribution is -0.118. The molecule has 0 aromatic heterocycles. The zero-order chi connectivity index (χ0) is 21.5. The van der Waals surface area contributed by atoms with E-state index in [1.165, 1.54) is 42.5 Å². The molecule has 1 amide bonds. The van der Waals surface area contributed by atoms with Gasteiger partial charge in [0.1, 0.15) is 17.4 Å². The van der Waals surface area contributed by atoms with Gasteiger partial charge in [-0.05, 0) is 54.1 Å². The van der Waals surface area contributed by atoms with Gasteiger partial charge in [-0.25, -0.2) is 8.78 Å². The van der Waals surface area contributed by atoms with Crippen LogP contribution in [0.15, 0.2) is 66.7 Å². The van der Waals surface area contributed by atoms with Crippen LogP contribution in [0.4, 0.5) is 14.5 Å². The Balaban J connectivity index is 1.67. The molecule has 0 aliphatic carbocycles. The molecular formula is C23H15ClF2N2O2. The second-order valence-electron chi connectivity index (χ2n) is 6.18. The molecule has 0 radical (unpaired) electrons. The fourth-order valence-electron chi connectivity index (χ4n) is 2.61. The van der Waals surface area contributed by atoms with E-state index in [0.29, 0.717) is 11.3 Å². The largest absolute Gasteiger partial charge is 0.482 e. The molecule has 0 aliphatic heterocycles. The molecule has 0 heterocycles. The van der Waals surface area contributed by atoms with E-state index in [4.69, 9.17) is 16.3 Å². The molecule has 0 bridgehead atoms. The molecule has 1 N–H and O–H groups in total. The number of hydrogen-bond donors (Lipinski definition) is 1. The lowest BCUT2D eigenvalue weighted by Gasteiger charge is -2.09. The number of benzene rings is 3. The molecule has 7 heteroatoms. The van der Waals surface area contributed by atoms with Crippen molar-refractivity contribution in [1.29, 1.82) is 5.26 Å². The number of anilines is 1. The predicted octanol–water partition coefficient (Wildman–Crippen LogP) is 5.70. The van der Waals surface area contributed by atoms with E-state index in [-0.39, 0.29) is 28.5 Å². The quantitative estimate of drug-likeness (QED) is 0.408. The Morgan fingerprint density at radius 1 is 1.10 bits per heavy atom. The third kappa shape index (κ3) is 5.43. The molecule has 0 aliphatic rings. The molecule has 0 saturated heterocycles. The van der Waals surface area contributed by atoms with E-state index >= 15 is 0 Å². The summed E-state index contributed by atoms with van der Waals surface area (Å²) in [6.07, 6.45) is 1.51. The Morgan fingerprint density at radius 3 is 2.50 bits per heavy atom. The zero-order valence-corrected chi connectivity index (χ0v) is 16.3. The minimum atomic E-state index is -0.497. The van der Waals surface area contributed by atoms with Crippen molar-refractivity contribution < 1.29 is 18.3 Å². The Hall–Kier alpha value is -3.69. The van der Waals surface area contributed by atoms with Gasteiger partial charge in [0.15, 0.2) is 6.61 Å². The first-order valence-corrected chi connectivity index (χ1v) is 9.18. The van der Waals surface area contributed by atoms with Crippen molar-refractivity contribution in [2.45, 2.75) is 0 Å². The lowest BCUT2D eigenvalue weighted by Crippen LogP contribution is -2.20. The number of nitrogens with one attached hydrogen (secondary N) is 1. The highest BCUT2D eigenvalue weighted by molar-refractivity contribution is 6.32. The molecule has 0 unspecified atom stereocenters. The van der Waals surface area contributed by atoms with Crippen LogP contribution >= 0.6 is 11.6 Å². The van der Waals surface area contributed by atoms with Crippen molar-refractivity contribution in [3.63, 3.8) is 0 Å². The first-order chi connectivity index (χ1) is 14.5. The standard InChI is InChI=1S/C23H15ClF2N2O2/c24-20-12-15(11-16(13-27)19-3-1-2-4-21(19)26)5-10-22(20)30-14-23(29)28-18-8-6-17(25)7-9-18/h1-12H,14H2,(H,28,29)/b16-11-. The molecule has 3 aromatic carbocycles. The number of hydrogen-bond acceptors (Lipinski definition) is 3. The van der Waals surface area contributed by atoms with Crippen molar-refractivity contribution in [3.05, 3.63) is 94.5 Å². The highest BCUT2D eigenvalue weighted by Gasteiger charge is 2.10. The van der Waals surface area contributed by atoms with Crippen LogP contribution in [-0.2, 0) is 4.79 Å². The van der Waals surface area contributed by atoms with E-state index in [1.807, 2.05) is 6.07 Å². The van der Waals surface area contributed by atoms with Gasteiger partial charge in [0.25, 0.3) is 5.91 Å². The maximum absolute atomic E-state index is 13.9. The van der Waals surface area contributed by atoms with Crippen LogP contribution in [-0.4, -0.2) is 12.5 Å². The summed E-state index contributed by atoms with van der Waals surface area (Å²) in [7, 11) is 0. The van der Waals surface area contributed by atoms with Gasteiger partial charge in [-0.2, -0.15) is 5.26 Å². The number of allylic oxidation sites excluding steroid dienone is 1. The number of rotatable bonds is 6. The minimum absolute atomic E-state index is 0.150. The van der Waals surface area contributed by atoms with Crippen LogP contribution in [0.5, 0.6) is 5.75 Å². The smallest absolute Gasteiger partial charge is 0.262 e. The van der Waals surface area contributed by atoms with Gasteiger partial charge in [-0.1, -0.05) is 35.9 Å². The summed E-state index contributed by atoms with van der Waals surface area (Å²) in [6, 6.07) is 18.0. The Morgan fingerprint density at radius 2 is 1.83 bits per heavy atom. The third-order valence-electron chi connectivity index (χ3n) is 4.04. The molecule has 3 rings (SSSR count). The lowest BCUT2D eigenvalue weighted by atomic mass is 10.0. The van der Waals surface area contributed by atoms with Gasteiger partial charge in [0, 0.05) is 11.3 Å². The van der Waals surface area contributed by atoms with Crippen LogP contribution in [0.1, 0.15) is 11.1 Å². The molecule has 0 spiro atoms. The molecule has 30 heavy (non-hydrogen) atoms. The number of ether oxygens (including phenoxy) is 1. The second-order valence-corrected chi connectivity index (χ2v) is 6.59. The molecule has 3 aromatic rings. The van der Waals surface area contributed by atoms with Crippen molar-refractivity contribution in [3.8, 4) is 11.8 Å². The summed E-state index contributed by atoms with van der Waals surface area (Å²) in [5.74, 6) is -1.07. The summed E-state index contributed by atoms with van der Waals surface area (Å²) >= 11 is 6.21. The number of nitriles is 1. The van der Waals surface area contributed by atoms with Crippen molar-refractivity contribution in [1.82, 2.24) is 0 Å². The van der Waals surface area contributed by atoms with E-state index in [9.17, 15) is 18.8 Å². The summed E-state index contributed by atoms with van der Waals surface area (Å²) in [6.45, 7) is -0.301. The second kappa shape index (κ2) is 9.68. The highest BCUT2D eigenvalue weighted by Crippen LogP contribution is 2.28. The predicted molar refractivity (Wildman–Crippen MR) is 112 cm³/mol. The van der Waals surface area contributed by atoms with Crippen LogP contribution in [0.3, 0.4) is 0 Å². The summed E-state index contributed by atoms with van der Waals surface area (Å²) in [4.78, 5) is 12.0. The molecule has 0 saturated carbocycles. The Bertz CT molecular complexity index is 1140. The third-order valence-corrected chi connectivity index (χ3v) is 4.33. The van der Waals surface area contributed by atoms with E-state index < -0.39 is 17.5 Å². The molecule has 150 valence electrons. The maximum atomic E-state index is 13.9. The average Bonchev–Trinajstić information content (AvgIpc) is 2.73. The number of halogens is 3. The van der Waals surface area contributed by atoms with Crippen LogP contribution in [0, 0.1) is 23.0 Å². The van der Waals surface area contributed by atoms with Crippen molar-refractivity contribution in [2.24, 2.45) is 0 Å². The average molecular weight is 425 g/mol. The summed E-state index contributed by atoms with van der Waals surface area (Å²) < 4.78 is 32.2. The van der Waals surface area contributed by atoms with E-state index in [1.54, 1.807) is 30.3 Å². The Kier molecular flexibility index (Phi) is 6.79. The topological polar surface area (TPSA) is 62.1 Å². The van der Waals surface area contributed by atoms with Gasteiger partial charge >= 0.3 is 0 Å². The number of carbonyl (C=O) groups excluding carboxylic acids is 1. The van der Waals surface area contributed by atoms with E-state index in [0.717, 1.165) is 0 Å². The molecule has 0 fully saturated rings. The maximum Gasteiger partial charge on any atom is 0.262 e. The van der Waals surface area contributed by atoms with Gasteiger partial charge in [-0.15, -0.1) is 0 Å². The summed E-state index contributed by atoms with van der Waals surface area (Å²) in [5.41, 5.74) is 1.35. The molecule has 0 atom stereocenters. The van der Waals surface area contributed by atoms with Crippen LogP contribution in [0.25, 0.3) is 11.6 Å². The van der Waals surface area contributed by atoms with Crippen LogP contribution in [0.2, 0.25) is 5.02 Å².